The lowest BCUT2D eigenvalue weighted by atomic mass is 10.2. The van der Waals surface area contributed by atoms with Gasteiger partial charge in [0.1, 0.15) is 11.5 Å². The fraction of sp³-hybridized carbons (Fsp3) is 0. The molecular formula is C26H14Cl4O4S. The minimum atomic E-state index is -0.572. The Bertz CT molecular complexity index is 1280. The van der Waals surface area contributed by atoms with Crippen LogP contribution in [0.4, 0.5) is 0 Å². The van der Waals surface area contributed by atoms with Crippen molar-refractivity contribution in [2.75, 3.05) is 0 Å². The first-order valence-corrected chi connectivity index (χ1v) is 12.3. The van der Waals surface area contributed by atoms with E-state index in [1.54, 1.807) is 36.4 Å². The molecule has 176 valence electrons. The van der Waals surface area contributed by atoms with Gasteiger partial charge in [0, 0.05) is 19.8 Å². The summed E-state index contributed by atoms with van der Waals surface area (Å²) >= 11 is 25.3. The number of esters is 2. The van der Waals surface area contributed by atoms with Crippen molar-refractivity contribution < 1.29 is 19.1 Å². The zero-order chi connectivity index (χ0) is 24.9. The predicted molar refractivity (Wildman–Crippen MR) is 140 cm³/mol. The molecule has 4 aromatic carbocycles. The molecular weight excluding hydrogens is 550 g/mol. The Hall–Kier alpha value is -2.67. The first-order chi connectivity index (χ1) is 16.8. The maximum absolute atomic E-state index is 12.4. The minimum absolute atomic E-state index is 0.222. The monoisotopic (exact) mass is 562 g/mol. The molecule has 0 atom stereocenters. The number of carbonyl (C=O) groups is 2. The second-order valence-electron chi connectivity index (χ2n) is 7.07. The molecule has 9 heteroatoms. The van der Waals surface area contributed by atoms with E-state index in [0.29, 0.717) is 21.5 Å². The maximum atomic E-state index is 12.4. The number of rotatable bonds is 6. The van der Waals surface area contributed by atoms with Gasteiger partial charge in [0.05, 0.1) is 21.2 Å². The Kier molecular flexibility index (Phi) is 8.26. The highest BCUT2D eigenvalue weighted by atomic mass is 35.5. The van der Waals surface area contributed by atoms with Crippen LogP contribution in [0.2, 0.25) is 20.1 Å². The largest absolute Gasteiger partial charge is 0.423 e. The van der Waals surface area contributed by atoms with Crippen molar-refractivity contribution in [2.24, 2.45) is 0 Å². The number of hydrogen-bond acceptors (Lipinski definition) is 5. The molecule has 0 heterocycles. The quantitative estimate of drug-likeness (QED) is 0.173. The third kappa shape index (κ3) is 6.72. The van der Waals surface area contributed by atoms with Crippen molar-refractivity contribution in [1.82, 2.24) is 0 Å². The van der Waals surface area contributed by atoms with Gasteiger partial charge in [0.2, 0.25) is 0 Å². The standard InChI is InChI=1S/C26H14Cl4O4S/c27-15-1-11-21(23(29)13-15)25(31)33-17-3-7-19(8-4-17)35-20-9-5-18(6-10-20)34-26(32)22-12-2-16(28)14-24(22)30/h1-14H. The van der Waals surface area contributed by atoms with Gasteiger partial charge in [-0.1, -0.05) is 58.2 Å². The molecule has 0 aliphatic rings. The molecule has 35 heavy (non-hydrogen) atoms. The van der Waals surface area contributed by atoms with Crippen molar-refractivity contribution in [3.8, 4) is 11.5 Å². The van der Waals surface area contributed by atoms with Crippen LogP contribution in [0.3, 0.4) is 0 Å². The Morgan fingerprint density at radius 2 is 0.914 bits per heavy atom. The lowest BCUT2D eigenvalue weighted by Crippen LogP contribution is -2.09. The van der Waals surface area contributed by atoms with E-state index in [1.165, 1.54) is 36.0 Å². The van der Waals surface area contributed by atoms with Crippen molar-refractivity contribution in [3.05, 3.63) is 116 Å². The topological polar surface area (TPSA) is 52.6 Å². The van der Waals surface area contributed by atoms with Gasteiger partial charge < -0.3 is 9.47 Å². The van der Waals surface area contributed by atoms with Crippen LogP contribution in [-0.2, 0) is 0 Å². The van der Waals surface area contributed by atoms with E-state index >= 15 is 0 Å². The molecule has 0 saturated heterocycles. The van der Waals surface area contributed by atoms with Crippen molar-refractivity contribution >= 4 is 70.1 Å². The highest BCUT2D eigenvalue weighted by Gasteiger charge is 2.15. The highest BCUT2D eigenvalue weighted by molar-refractivity contribution is 7.99. The van der Waals surface area contributed by atoms with Crippen molar-refractivity contribution in [2.45, 2.75) is 9.79 Å². The number of ether oxygens (including phenoxy) is 2. The van der Waals surface area contributed by atoms with Crippen LogP contribution in [0, 0.1) is 0 Å². The van der Waals surface area contributed by atoms with Gasteiger partial charge in [-0.25, -0.2) is 9.59 Å². The van der Waals surface area contributed by atoms with Gasteiger partial charge in [-0.05, 0) is 84.9 Å². The van der Waals surface area contributed by atoms with E-state index in [-0.39, 0.29) is 21.2 Å². The van der Waals surface area contributed by atoms with Gasteiger partial charge in [0.25, 0.3) is 0 Å². The van der Waals surface area contributed by atoms with Gasteiger partial charge in [0.15, 0.2) is 0 Å². The molecule has 4 rings (SSSR count). The van der Waals surface area contributed by atoms with Crippen LogP contribution in [0.25, 0.3) is 0 Å². The van der Waals surface area contributed by atoms with Gasteiger partial charge in [-0.3, -0.25) is 0 Å². The average molecular weight is 564 g/mol. The number of benzene rings is 4. The fourth-order valence-electron chi connectivity index (χ4n) is 2.92. The SMILES string of the molecule is O=C(Oc1ccc(Sc2ccc(OC(=O)c3ccc(Cl)cc3Cl)cc2)cc1)c1ccc(Cl)cc1Cl. The minimum Gasteiger partial charge on any atom is -0.423 e. The summed E-state index contributed by atoms with van der Waals surface area (Å²) < 4.78 is 10.8. The van der Waals surface area contributed by atoms with E-state index in [1.807, 2.05) is 24.3 Å². The molecule has 0 bridgehead atoms. The molecule has 0 radical (unpaired) electrons. The predicted octanol–water partition coefficient (Wildman–Crippen LogP) is 8.89. The Morgan fingerprint density at radius 1 is 0.543 bits per heavy atom. The summed E-state index contributed by atoms with van der Waals surface area (Å²) in [5.41, 5.74) is 0.460. The zero-order valence-corrected chi connectivity index (χ0v) is 21.5. The number of halogens is 4. The summed E-state index contributed by atoms with van der Waals surface area (Å²) in [6.45, 7) is 0. The van der Waals surface area contributed by atoms with Crippen LogP contribution < -0.4 is 9.47 Å². The van der Waals surface area contributed by atoms with Crippen LogP contribution in [0.5, 0.6) is 11.5 Å². The second kappa shape index (κ2) is 11.4. The van der Waals surface area contributed by atoms with Crippen molar-refractivity contribution in [3.63, 3.8) is 0 Å². The van der Waals surface area contributed by atoms with E-state index in [9.17, 15) is 9.59 Å². The Balaban J connectivity index is 1.35. The summed E-state index contributed by atoms with van der Waals surface area (Å²) in [7, 11) is 0. The van der Waals surface area contributed by atoms with Crippen LogP contribution in [0.15, 0.2) is 94.7 Å². The molecule has 0 amide bonds. The first kappa shape index (κ1) is 25.4. The summed E-state index contributed by atoms with van der Waals surface area (Å²) in [4.78, 5) is 26.5. The number of hydrogen-bond donors (Lipinski definition) is 0. The molecule has 4 aromatic rings. The molecule has 4 nitrogen and oxygen atoms in total. The molecule has 0 aromatic heterocycles. The highest BCUT2D eigenvalue weighted by Crippen LogP contribution is 2.31. The van der Waals surface area contributed by atoms with Crippen LogP contribution in [-0.4, -0.2) is 11.9 Å². The molecule has 0 saturated carbocycles. The second-order valence-corrected chi connectivity index (χ2v) is 9.91. The van der Waals surface area contributed by atoms with Gasteiger partial charge in [-0.15, -0.1) is 0 Å². The smallest absolute Gasteiger partial charge is 0.345 e. The summed E-state index contributed by atoms with van der Waals surface area (Å²) in [6.07, 6.45) is 0. The Morgan fingerprint density at radius 3 is 1.26 bits per heavy atom. The average Bonchev–Trinajstić information content (AvgIpc) is 2.81. The third-order valence-corrected chi connectivity index (χ3v) is 6.72. The Labute approximate surface area is 225 Å². The third-order valence-electron chi connectivity index (χ3n) is 4.61. The van der Waals surface area contributed by atoms with Crippen molar-refractivity contribution in [1.29, 1.82) is 0 Å². The lowest BCUT2D eigenvalue weighted by molar-refractivity contribution is 0.0725. The van der Waals surface area contributed by atoms with Gasteiger partial charge in [-0.2, -0.15) is 0 Å². The molecule has 0 aliphatic carbocycles. The molecule has 0 fully saturated rings. The van der Waals surface area contributed by atoms with Crippen LogP contribution in [0.1, 0.15) is 20.7 Å². The summed E-state index contributed by atoms with van der Waals surface area (Å²) in [6, 6.07) is 23.2. The zero-order valence-electron chi connectivity index (χ0n) is 17.6. The molecule has 0 N–H and O–H groups in total. The molecule has 0 aliphatic heterocycles. The molecule has 0 unspecified atom stereocenters. The fourth-order valence-corrected chi connectivity index (χ4v) is 4.71. The number of carbonyl (C=O) groups excluding carboxylic acids is 2. The van der Waals surface area contributed by atoms with Gasteiger partial charge >= 0.3 is 11.9 Å². The first-order valence-electron chi connectivity index (χ1n) is 10.0. The summed E-state index contributed by atoms with van der Waals surface area (Å²) in [5, 5.41) is 1.32. The van der Waals surface area contributed by atoms with Crippen LogP contribution >= 0.6 is 58.2 Å². The normalized spacial score (nSPS) is 10.6. The molecule has 0 spiro atoms. The van der Waals surface area contributed by atoms with E-state index < -0.39 is 11.9 Å². The van der Waals surface area contributed by atoms with E-state index in [4.69, 9.17) is 55.9 Å². The lowest BCUT2D eigenvalue weighted by Gasteiger charge is -2.08. The summed E-state index contributed by atoms with van der Waals surface area (Å²) in [5.74, 6) is -0.379. The van der Waals surface area contributed by atoms with E-state index in [0.717, 1.165) is 9.79 Å². The maximum Gasteiger partial charge on any atom is 0.345 e. The van der Waals surface area contributed by atoms with E-state index in [2.05, 4.69) is 0 Å².